The minimum atomic E-state index is -0.405. The fraction of sp³-hybridized carbons (Fsp3) is 0.263. The Morgan fingerprint density at radius 2 is 2.11 bits per heavy atom. The van der Waals surface area contributed by atoms with Gasteiger partial charge in [0.05, 0.1) is 18.2 Å². The Morgan fingerprint density at radius 3 is 2.81 bits per heavy atom. The van der Waals surface area contributed by atoms with Crippen LogP contribution in [0.25, 0.3) is 5.65 Å². The smallest absolute Gasteiger partial charge is 0.199 e. The zero-order valence-corrected chi connectivity index (χ0v) is 14.7. The molecule has 27 heavy (non-hydrogen) atoms. The van der Waals surface area contributed by atoms with E-state index in [1.165, 1.54) is 36.2 Å². The number of hydrogen-bond donors (Lipinski definition) is 1. The number of carbonyl (C=O) groups is 1. The molecule has 0 aliphatic carbocycles. The largest absolute Gasteiger partial charge is 0.507 e. The number of nitriles is 1. The molecule has 2 aromatic heterocycles. The first kappa shape index (κ1) is 16.8. The van der Waals surface area contributed by atoms with Crippen molar-refractivity contribution >= 4 is 17.2 Å². The summed E-state index contributed by atoms with van der Waals surface area (Å²) in [6.07, 6.45) is 5.05. The van der Waals surface area contributed by atoms with Crippen molar-refractivity contribution in [1.29, 1.82) is 5.26 Å². The molecule has 0 saturated carbocycles. The lowest BCUT2D eigenvalue weighted by Crippen LogP contribution is -2.19. The SMILES string of the molecule is COc1ccc(O)c(C(=O)c2cnc3c(C#N)c(N4CCCC4)nn3c2)c1. The standard InChI is InChI=1S/C19H17N5O3/c1-27-13-4-5-16(25)14(8-13)17(26)12-10-21-18-15(9-20)19(22-24(18)11-12)23-6-2-3-7-23/h4-5,8,10-11,25H,2-3,6-7H2,1H3. The van der Waals surface area contributed by atoms with E-state index in [1.54, 1.807) is 6.07 Å². The number of phenolic OH excluding ortho intramolecular Hbond substituents is 1. The second-order valence-corrected chi connectivity index (χ2v) is 6.33. The highest BCUT2D eigenvalue weighted by molar-refractivity contribution is 6.10. The summed E-state index contributed by atoms with van der Waals surface area (Å²) < 4.78 is 6.57. The van der Waals surface area contributed by atoms with Crippen LogP contribution < -0.4 is 9.64 Å². The lowest BCUT2D eigenvalue weighted by molar-refractivity contribution is 0.103. The van der Waals surface area contributed by atoms with Gasteiger partial charge in [0.1, 0.15) is 23.1 Å². The topological polar surface area (TPSA) is 104 Å². The molecule has 8 nitrogen and oxygen atoms in total. The van der Waals surface area contributed by atoms with Crippen molar-refractivity contribution < 1.29 is 14.6 Å². The van der Waals surface area contributed by atoms with E-state index < -0.39 is 5.78 Å². The van der Waals surface area contributed by atoms with Crippen LogP contribution in [0.4, 0.5) is 5.82 Å². The van der Waals surface area contributed by atoms with Gasteiger partial charge in [0.25, 0.3) is 0 Å². The number of anilines is 1. The number of fused-ring (bicyclic) bond motifs is 1. The molecule has 1 aromatic carbocycles. The summed E-state index contributed by atoms with van der Waals surface area (Å²) in [5, 5.41) is 24.0. The van der Waals surface area contributed by atoms with Crippen molar-refractivity contribution in [2.45, 2.75) is 12.8 Å². The van der Waals surface area contributed by atoms with Gasteiger partial charge in [-0.2, -0.15) is 5.26 Å². The second kappa shape index (κ2) is 6.61. The van der Waals surface area contributed by atoms with E-state index in [0.29, 0.717) is 22.8 Å². The number of rotatable bonds is 4. The van der Waals surface area contributed by atoms with Crippen LogP contribution in [0.3, 0.4) is 0 Å². The van der Waals surface area contributed by atoms with E-state index in [1.807, 2.05) is 0 Å². The van der Waals surface area contributed by atoms with Gasteiger partial charge >= 0.3 is 0 Å². The van der Waals surface area contributed by atoms with Gasteiger partial charge in [-0.3, -0.25) is 4.79 Å². The Bertz CT molecular complexity index is 1080. The maximum Gasteiger partial charge on any atom is 0.199 e. The minimum Gasteiger partial charge on any atom is -0.507 e. The summed E-state index contributed by atoms with van der Waals surface area (Å²) in [6.45, 7) is 1.70. The lowest BCUT2D eigenvalue weighted by Gasteiger charge is -2.13. The fourth-order valence-corrected chi connectivity index (χ4v) is 3.27. The number of phenols is 1. The molecular weight excluding hydrogens is 346 g/mol. The molecule has 136 valence electrons. The highest BCUT2D eigenvalue weighted by Gasteiger charge is 2.23. The van der Waals surface area contributed by atoms with Crippen LogP contribution in [0.1, 0.15) is 34.3 Å². The van der Waals surface area contributed by atoms with Gasteiger partial charge in [0, 0.05) is 25.5 Å². The van der Waals surface area contributed by atoms with Gasteiger partial charge < -0.3 is 14.7 Å². The van der Waals surface area contributed by atoms with Gasteiger partial charge in [-0.05, 0) is 31.0 Å². The van der Waals surface area contributed by atoms with Crippen molar-refractivity contribution in [1.82, 2.24) is 14.6 Å². The van der Waals surface area contributed by atoms with Gasteiger partial charge in [0.2, 0.25) is 0 Å². The molecule has 4 rings (SSSR count). The molecule has 1 saturated heterocycles. The summed E-state index contributed by atoms with van der Waals surface area (Å²) in [7, 11) is 1.49. The molecule has 1 fully saturated rings. The number of ether oxygens (including phenoxy) is 1. The third kappa shape index (κ3) is 2.83. The molecule has 0 spiro atoms. The molecule has 0 amide bonds. The third-order valence-electron chi connectivity index (χ3n) is 4.68. The summed E-state index contributed by atoms with van der Waals surface area (Å²) >= 11 is 0. The number of carbonyl (C=O) groups excluding carboxylic acids is 1. The summed E-state index contributed by atoms with van der Waals surface area (Å²) in [5.41, 5.74) is 1.18. The summed E-state index contributed by atoms with van der Waals surface area (Å²) in [4.78, 5) is 19.2. The van der Waals surface area contributed by atoms with Gasteiger partial charge in [-0.1, -0.05) is 0 Å². The average molecular weight is 363 g/mol. The minimum absolute atomic E-state index is 0.114. The fourth-order valence-electron chi connectivity index (χ4n) is 3.27. The number of aromatic hydroxyl groups is 1. The van der Waals surface area contributed by atoms with E-state index in [9.17, 15) is 15.2 Å². The Labute approximate surface area is 155 Å². The quantitative estimate of drug-likeness (QED) is 0.708. The van der Waals surface area contributed by atoms with E-state index in [4.69, 9.17) is 4.74 Å². The molecule has 0 unspecified atom stereocenters. The molecule has 0 radical (unpaired) electrons. The third-order valence-corrected chi connectivity index (χ3v) is 4.68. The monoisotopic (exact) mass is 363 g/mol. The predicted octanol–water partition coefficient (Wildman–Crippen LogP) is 2.15. The highest BCUT2D eigenvalue weighted by Crippen LogP contribution is 2.28. The number of benzene rings is 1. The molecule has 1 N–H and O–H groups in total. The van der Waals surface area contributed by atoms with Crippen LogP contribution in [0.2, 0.25) is 0 Å². The number of ketones is 1. The van der Waals surface area contributed by atoms with Crippen molar-refractivity contribution in [2.24, 2.45) is 0 Å². The van der Waals surface area contributed by atoms with E-state index in [0.717, 1.165) is 25.9 Å². The number of methoxy groups -OCH3 is 1. The summed E-state index contributed by atoms with van der Waals surface area (Å²) in [5.74, 6) is 0.512. The highest BCUT2D eigenvalue weighted by atomic mass is 16.5. The van der Waals surface area contributed by atoms with Crippen molar-refractivity contribution in [3.8, 4) is 17.6 Å². The first-order valence-corrected chi connectivity index (χ1v) is 8.57. The van der Waals surface area contributed by atoms with Crippen molar-refractivity contribution in [3.05, 3.63) is 47.3 Å². The maximum atomic E-state index is 12.8. The van der Waals surface area contributed by atoms with E-state index in [2.05, 4.69) is 21.1 Å². The Hall–Kier alpha value is -3.60. The van der Waals surface area contributed by atoms with Crippen LogP contribution in [0.15, 0.2) is 30.6 Å². The Kier molecular flexibility index (Phi) is 4.12. The molecule has 8 heteroatoms. The molecule has 1 aliphatic heterocycles. The molecule has 1 aliphatic rings. The molecule has 0 atom stereocenters. The molecular formula is C19H17N5O3. The zero-order valence-electron chi connectivity index (χ0n) is 14.7. The Balaban J connectivity index is 1.78. The van der Waals surface area contributed by atoms with Crippen LogP contribution in [-0.4, -0.2) is 45.7 Å². The zero-order chi connectivity index (χ0) is 19.0. The van der Waals surface area contributed by atoms with E-state index >= 15 is 0 Å². The average Bonchev–Trinajstić information content (AvgIpc) is 3.34. The molecule has 3 heterocycles. The van der Waals surface area contributed by atoms with Gasteiger partial charge in [-0.15, -0.1) is 5.10 Å². The number of hydrogen-bond acceptors (Lipinski definition) is 7. The number of nitrogens with zero attached hydrogens (tertiary/aromatic N) is 5. The first-order valence-electron chi connectivity index (χ1n) is 8.57. The maximum absolute atomic E-state index is 12.8. The second-order valence-electron chi connectivity index (χ2n) is 6.33. The number of aromatic nitrogens is 3. The van der Waals surface area contributed by atoms with E-state index in [-0.39, 0.29) is 16.9 Å². The summed E-state index contributed by atoms with van der Waals surface area (Å²) in [6, 6.07) is 6.62. The van der Waals surface area contributed by atoms with Crippen molar-refractivity contribution in [3.63, 3.8) is 0 Å². The van der Waals surface area contributed by atoms with Crippen LogP contribution in [0, 0.1) is 11.3 Å². The predicted molar refractivity (Wildman–Crippen MR) is 97.2 cm³/mol. The lowest BCUT2D eigenvalue weighted by atomic mass is 10.0. The molecule has 3 aromatic rings. The normalized spacial score (nSPS) is 13.7. The Morgan fingerprint density at radius 1 is 1.33 bits per heavy atom. The van der Waals surface area contributed by atoms with Crippen LogP contribution >= 0.6 is 0 Å². The molecule has 0 bridgehead atoms. The first-order chi connectivity index (χ1) is 13.1. The van der Waals surface area contributed by atoms with Crippen LogP contribution in [0.5, 0.6) is 11.5 Å². The van der Waals surface area contributed by atoms with Gasteiger partial charge in [0.15, 0.2) is 17.2 Å². The van der Waals surface area contributed by atoms with Crippen molar-refractivity contribution in [2.75, 3.05) is 25.1 Å². The van der Waals surface area contributed by atoms with Gasteiger partial charge in [-0.25, -0.2) is 9.50 Å². The van der Waals surface area contributed by atoms with Crippen LogP contribution in [-0.2, 0) is 0 Å².